The van der Waals surface area contributed by atoms with Crippen molar-refractivity contribution in [3.63, 3.8) is 0 Å². The zero-order valence-corrected chi connectivity index (χ0v) is 10.6. The first-order valence-electron chi connectivity index (χ1n) is 6.16. The molecule has 1 unspecified atom stereocenters. The second kappa shape index (κ2) is 5.07. The zero-order valence-electron chi connectivity index (χ0n) is 10.6. The monoisotopic (exact) mass is 235 g/mol. The Labute approximate surface area is 103 Å². The molecule has 0 radical (unpaired) electrons. The smallest absolute Gasteiger partial charge is 0.118 e. The molecule has 1 aliphatic carbocycles. The summed E-state index contributed by atoms with van der Waals surface area (Å²) in [6.07, 6.45) is 4.52. The van der Waals surface area contributed by atoms with Crippen molar-refractivity contribution in [3.05, 3.63) is 29.8 Å². The van der Waals surface area contributed by atoms with Crippen LogP contribution in [0.4, 0.5) is 0 Å². The van der Waals surface area contributed by atoms with E-state index in [0.717, 1.165) is 24.2 Å². The molecule has 0 bridgehead atoms. The van der Waals surface area contributed by atoms with E-state index in [-0.39, 0.29) is 11.6 Å². The lowest BCUT2D eigenvalue weighted by molar-refractivity contribution is -0.0264. The molecule has 94 valence electrons. The lowest BCUT2D eigenvalue weighted by atomic mass is 9.87. The summed E-state index contributed by atoms with van der Waals surface area (Å²) in [5, 5.41) is 0. The van der Waals surface area contributed by atoms with E-state index < -0.39 is 0 Å². The maximum absolute atomic E-state index is 6.37. The van der Waals surface area contributed by atoms with Crippen LogP contribution in [0.25, 0.3) is 0 Å². The Balaban J connectivity index is 2.19. The highest BCUT2D eigenvalue weighted by atomic mass is 16.5. The fraction of sp³-hybridized carbons (Fsp3) is 0.571. The predicted molar refractivity (Wildman–Crippen MR) is 68.1 cm³/mol. The van der Waals surface area contributed by atoms with Gasteiger partial charge in [0.2, 0.25) is 0 Å². The van der Waals surface area contributed by atoms with Gasteiger partial charge in [-0.15, -0.1) is 0 Å². The molecule has 3 nitrogen and oxygen atoms in total. The van der Waals surface area contributed by atoms with E-state index in [2.05, 4.69) is 0 Å². The molecule has 1 aliphatic rings. The van der Waals surface area contributed by atoms with Crippen LogP contribution in [-0.2, 0) is 4.74 Å². The van der Waals surface area contributed by atoms with Crippen molar-refractivity contribution >= 4 is 0 Å². The highest BCUT2D eigenvalue weighted by Gasteiger charge is 2.40. The molecule has 17 heavy (non-hydrogen) atoms. The quantitative estimate of drug-likeness (QED) is 0.872. The highest BCUT2D eigenvalue weighted by Crippen LogP contribution is 2.41. The number of rotatable bonds is 4. The van der Waals surface area contributed by atoms with Crippen LogP contribution in [0.2, 0.25) is 0 Å². The number of nitrogens with two attached hydrogens (primary N) is 1. The molecule has 0 heterocycles. The fourth-order valence-electron chi connectivity index (χ4n) is 2.73. The van der Waals surface area contributed by atoms with Crippen molar-refractivity contribution in [1.82, 2.24) is 0 Å². The van der Waals surface area contributed by atoms with Crippen molar-refractivity contribution in [1.29, 1.82) is 0 Å². The molecular formula is C14H21NO2. The summed E-state index contributed by atoms with van der Waals surface area (Å²) in [4.78, 5) is 0. The molecule has 0 aromatic heterocycles. The van der Waals surface area contributed by atoms with Crippen molar-refractivity contribution in [2.75, 3.05) is 14.2 Å². The van der Waals surface area contributed by atoms with Crippen LogP contribution < -0.4 is 10.5 Å². The van der Waals surface area contributed by atoms with Crippen molar-refractivity contribution in [3.8, 4) is 5.75 Å². The zero-order chi connectivity index (χ0) is 12.3. The first-order chi connectivity index (χ1) is 8.22. The van der Waals surface area contributed by atoms with E-state index in [1.54, 1.807) is 14.2 Å². The molecule has 1 atom stereocenters. The third-order valence-corrected chi connectivity index (χ3v) is 3.90. The van der Waals surface area contributed by atoms with Crippen molar-refractivity contribution in [2.24, 2.45) is 5.73 Å². The molecule has 0 spiro atoms. The fourth-order valence-corrected chi connectivity index (χ4v) is 2.73. The van der Waals surface area contributed by atoms with Gasteiger partial charge in [0.05, 0.1) is 18.8 Å². The van der Waals surface area contributed by atoms with Gasteiger partial charge in [-0.2, -0.15) is 0 Å². The van der Waals surface area contributed by atoms with E-state index in [4.69, 9.17) is 15.2 Å². The van der Waals surface area contributed by atoms with Gasteiger partial charge >= 0.3 is 0 Å². The molecule has 1 aromatic carbocycles. The van der Waals surface area contributed by atoms with Crippen LogP contribution in [-0.4, -0.2) is 19.8 Å². The van der Waals surface area contributed by atoms with Gasteiger partial charge in [-0.05, 0) is 30.5 Å². The average Bonchev–Trinajstić information content (AvgIpc) is 2.88. The van der Waals surface area contributed by atoms with Crippen LogP contribution in [0.5, 0.6) is 5.75 Å². The minimum Gasteiger partial charge on any atom is -0.497 e. The topological polar surface area (TPSA) is 44.5 Å². The first-order valence-corrected chi connectivity index (χ1v) is 6.16. The van der Waals surface area contributed by atoms with E-state index in [0.29, 0.717) is 0 Å². The van der Waals surface area contributed by atoms with Crippen molar-refractivity contribution < 1.29 is 9.47 Å². The van der Waals surface area contributed by atoms with Gasteiger partial charge in [-0.25, -0.2) is 0 Å². The Morgan fingerprint density at radius 3 is 2.18 bits per heavy atom. The Bertz CT molecular complexity index is 355. The minimum atomic E-state index is -0.172. The number of ether oxygens (including phenoxy) is 2. The lowest BCUT2D eigenvalue weighted by Crippen LogP contribution is -2.40. The van der Waals surface area contributed by atoms with Crippen LogP contribution in [0.3, 0.4) is 0 Å². The van der Waals surface area contributed by atoms with Gasteiger partial charge in [0, 0.05) is 7.11 Å². The summed E-state index contributed by atoms with van der Waals surface area (Å²) in [5.41, 5.74) is 7.32. The Hall–Kier alpha value is -1.06. The van der Waals surface area contributed by atoms with Gasteiger partial charge < -0.3 is 15.2 Å². The number of hydrogen-bond donors (Lipinski definition) is 1. The molecule has 2 rings (SSSR count). The number of methoxy groups -OCH3 is 2. The highest BCUT2D eigenvalue weighted by molar-refractivity contribution is 5.30. The Morgan fingerprint density at radius 2 is 1.71 bits per heavy atom. The third kappa shape index (κ3) is 2.31. The summed E-state index contributed by atoms with van der Waals surface area (Å²) in [6.45, 7) is 0. The van der Waals surface area contributed by atoms with Gasteiger partial charge in [0.1, 0.15) is 5.75 Å². The summed E-state index contributed by atoms with van der Waals surface area (Å²) in [7, 11) is 3.44. The minimum absolute atomic E-state index is 0.0547. The van der Waals surface area contributed by atoms with Gasteiger partial charge in [-0.1, -0.05) is 25.0 Å². The predicted octanol–water partition coefficient (Wildman–Crippen LogP) is 2.65. The van der Waals surface area contributed by atoms with E-state index >= 15 is 0 Å². The second-order valence-corrected chi connectivity index (χ2v) is 4.73. The first kappa shape index (κ1) is 12.4. The normalized spacial score (nSPS) is 20.2. The largest absolute Gasteiger partial charge is 0.497 e. The standard InChI is InChI=1S/C14H21NO2/c1-16-12-7-5-11(6-8-12)13(15)14(17-2)9-3-4-10-14/h5-8,13H,3-4,9-10,15H2,1-2H3. The molecular weight excluding hydrogens is 214 g/mol. The molecule has 1 saturated carbocycles. The average molecular weight is 235 g/mol. The molecule has 0 saturated heterocycles. The SMILES string of the molecule is COc1ccc(C(N)C2(OC)CCCC2)cc1. The molecule has 2 N–H and O–H groups in total. The molecule has 1 aromatic rings. The molecule has 0 amide bonds. The molecule has 1 fully saturated rings. The van der Waals surface area contributed by atoms with Crippen LogP contribution >= 0.6 is 0 Å². The number of hydrogen-bond acceptors (Lipinski definition) is 3. The lowest BCUT2D eigenvalue weighted by Gasteiger charge is -2.34. The summed E-state index contributed by atoms with van der Waals surface area (Å²) in [6, 6.07) is 7.91. The van der Waals surface area contributed by atoms with E-state index in [1.165, 1.54) is 12.8 Å². The Kier molecular flexibility index (Phi) is 3.69. The second-order valence-electron chi connectivity index (χ2n) is 4.73. The maximum Gasteiger partial charge on any atom is 0.118 e. The van der Waals surface area contributed by atoms with Crippen LogP contribution in [0.1, 0.15) is 37.3 Å². The van der Waals surface area contributed by atoms with Gasteiger partial charge in [0.15, 0.2) is 0 Å². The third-order valence-electron chi connectivity index (χ3n) is 3.90. The van der Waals surface area contributed by atoms with Gasteiger partial charge in [-0.3, -0.25) is 0 Å². The molecule has 0 aliphatic heterocycles. The summed E-state index contributed by atoms with van der Waals surface area (Å²) >= 11 is 0. The molecule has 3 heteroatoms. The van der Waals surface area contributed by atoms with Crippen LogP contribution in [0, 0.1) is 0 Å². The maximum atomic E-state index is 6.37. The van der Waals surface area contributed by atoms with Crippen LogP contribution in [0.15, 0.2) is 24.3 Å². The Morgan fingerprint density at radius 1 is 1.12 bits per heavy atom. The van der Waals surface area contributed by atoms with E-state index in [1.807, 2.05) is 24.3 Å². The van der Waals surface area contributed by atoms with Gasteiger partial charge in [0.25, 0.3) is 0 Å². The summed E-state index contributed by atoms with van der Waals surface area (Å²) in [5.74, 6) is 0.860. The number of benzene rings is 1. The van der Waals surface area contributed by atoms with Crippen molar-refractivity contribution in [2.45, 2.75) is 37.3 Å². The summed E-state index contributed by atoms with van der Waals surface area (Å²) < 4.78 is 10.9. The van der Waals surface area contributed by atoms with E-state index in [9.17, 15) is 0 Å².